The summed E-state index contributed by atoms with van der Waals surface area (Å²) < 4.78 is 0. The van der Waals surface area contributed by atoms with E-state index in [2.05, 4.69) is 33.4 Å². The van der Waals surface area contributed by atoms with Gasteiger partial charge in [-0.2, -0.15) is 0 Å². The molecule has 62 valence electrons. The van der Waals surface area contributed by atoms with Gasteiger partial charge in [0.25, 0.3) is 0 Å². The SMILES string of the molecule is CCC(C)(C)C.NCC=O. The van der Waals surface area contributed by atoms with E-state index in [0.29, 0.717) is 11.7 Å². The summed E-state index contributed by atoms with van der Waals surface area (Å²) in [5, 5.41) is 0. The second-order valence-corrected chi connectivity index (χ2v) is 3.32. The summed E-state index contributed by atoms with van der Waals surface area (Å²) in [6, 6.07) is 0. The van der Waals surface area contributed by atoms with Gasteiger partial charge in [-0.1, -0.05) is 34.1 Å². The van der Waals surface area contributed by atoms with Crippen LogP contribution in [0.3, 0.4) is 0 Å². The van der Waals surface area contributed by atoms with E-state index in [9.17, 15) is 0 Å². The van der Waals surface area contributed by atoms with Crippen molar-refractivity contribution in [3.8, 4) is 0 Å². The van der Waals surface area contributed by atoms with Gasteiger partial charge in [0, 0.05) is 6.54 Å². The number of carbonyl (C=O) groups is 1. The minimum atomic E-state index is 0.139. The van der Waals surface area contributed by atoms with Gasteiger partial charge in [0.1, 0.15) is 6.29 Å². The van der Waals surface area contributed by atoms with Crippen LogP contribution in [0.2, 0.25) is 0 Å². The third-order valence-corrected chi connectivity index (χ3v) is 1.16. The second kappa shape index (κ2) is 6.75. The van der Waals surface area contributed by atoms with Crippen molar-refractivity contribution < 1.29 is 4.79 Å². The van der Waals surface area contributed by atoms with Crippen molar-refractivity contribution in [3.05, 3.63) is 0 Å². The Labute approximate surface area is 63.8 Å². The number of rotatable bonds is 1. The molecule has 0 amide bonds. The van der Waals surface area contributed by atoms with Crippen molar-refractivity contribution in [2.45, 2.75) is 34.1 Å². The monoisotopic (exact) mass is 145 g/mol. The fourth-order valence-electron chi connectivity index (χ4n) is 0. The highest BCUT2D eigenvalue weighted by Gasteiger charge is 2.03. The van der Waals surface area contributed by atoms with Gasteiger partial charge in [-0.3, -0.25) is 0 Å². The number of hydrogen-bond donors (Lipinski definition) is 1. The zero-order valence-electron chi connectivity index (χ0n) is 7.48. The molecule has 0 atom stereocenters. The molecule has 0 spiro atoms. The Morgan fingerprint density at radius 1 is 1.40 bits per heavy atom. The van der Waals surface area contributed by atoms with E-state index in [-0.39, 0.29) is 6.54 Å². The fraction of sp³-hybridized carbons (Fsp3) is 0.875. The third-order valence-electron chi connectivity index (χ3n) is 1.16. The molecule has 2 nitrogen and oxygen atoms in total. The summed E-state index contributed by atoms with van der Waals surface area (Å²) in [5.74, 6) is 0. The van der Waals surface area contributed by atoms with E-state index in [1.165, 1.54) is 6.42 Å². The molecule has 0 aliphatic heterocycles. The van der Waals surface area contributed by atoms with Crippen LogP contribution in [-0.4, -0.2) is 12.8 Å². The molecule has 0 saturated heterocycles. The summed E-state index contributed by atoms with van der Waals surface area (Å²) in [4.78, 5) is 9.05. The summed E-state index contributed by atoms with van der Waals surface area (Å²) in [6.07, 6.45) is 1.92. The van der Waals surface area contributed by atoms with Crippen LogP contribution in [0.4, 0.5) is 0 Å². The van der Waals surface area contributed by atoms with E-state index < -0.39 is 0 Å². The van der Waals surface area contributed by atoms with Crippen molar-refractivity contribution in [1.82, 2.24) is 0 Å². The van der Waals surface area contributed by atoms with Crippen LogP contribution in [0.25, 0.3) is 0 Å². The highest BCUT2D eigenvalue weighted by molar-refractivity contribution is 5.51. The summed E-state index contributed by atoms with van der Waals surface area (Å²) in [7, 11) is 0. The lowest BCUT2D eigenvalue weighted by molar-refractivity contribution is -0.106. The topological polar surface area (TPSA) is 43.1 Å². The molecule has 0 aromatic rings. The molecule has 0 saturated carbocycles. The average molecular weight is 145 g/mol. The highest BCUT2D eigenvalue weighted by atomic mass is 16.1. The highest BCUT2D eigenvalue weighted by Crippen LogP contribution is 2.16. The van der Waals surface area contributed by atoms with E-state index in [0.717, 1.165) is 0 Å². The van der Waals surface area contributed by atoms with Crippen LogP contribution in [0.15, 0.2) is 0 Å². The molecule has 0 heterocycles. The van der Waals surface area contributed by atoms with E-state index in [4.69, 9.17) is 4.79 Å². The maximum atomic E-state index is 9.05. The minimum Gasteiger partial charge on any atom is -0.324 e. The van der Waals surface area contributed by atoms with Crippen molar-refractivity contribution in [1.29, 1.82) is 0 Å². The van der Waals surface area contributed by atoms with Gasteiger partial charge in [0.2, 0.25) is 0 Å². The third kappa shape index (κ3) is 25.5. The molecule has 10 heavy (non-hydrogen) atoms. The Hall–Kier alpha value is -0.370. The molecule has 0 rings (SSSR count). The molecule has 0 unspecified atom stereocenters. The van der Waals surface area contributed by atoms with Crippen molar-refractivity contribution in [2.24, 2.45) is 11.1 Å². The standard InChI is InChI=1S/C6H14.C2H5NO/c1-5-6(2,3)4;3-1-2-4/h5H2,1-4H3;2H,1,3H2. The molecule has 2 heteroatoms. The van der Waals surface area contributed by atoms with Gasteiger partial charge in [-0.15, -0.1) is 0 Å². The molecule has 0 fully saturated rings. The van der Waals surface area contributed by atoms with Gasteiger partial charge < -0.3 is 10.5 Å². The molecule has 0 aliphatic rings. The fourth-order valence-corrected chi connectivity index (χ4v) is 0. The maximum Gasteiger partial charge on any atom is 0.133 e. The van der Waals surface area contributed by atoms with Gasteiger partial charge in [0.15, 0.2) is 0 Å². The smallest absolute Gasteiger partial charge is 0.133 e. The summed E-state index contributed by atoms with van der Waals surface area (Å²) in [5.41, 5.74) is 5.20. The summed E-state index contributed by atoms with van der Waals surface area (Å²) >= 11 is 0. The predicted octanol–water partition coefficient (Wildman–Crippen LogP) is 1.59. The lowest BCUT2D eigenvalue weighted by atomic mass is 9.94. The zero-order chi connectivity index (χ0) is 8.62. The number of carbonyl (C=O) groups excluding carboxylic acids is 1. The lowest BCUT2D eigenvalue weighted by Crippen LogP contribution is -2.00. The molecular formula is C8H19NO. The van der Waals surface area contributed by atoms with Crippen LogP contribution in [0.1, 0.15) is 34.1 Å². The van der Waals surface area contributed by atoms with E-state index in [1.54, 1.807) is 0 Å². The number of nitrogens with two attached hydrogens (primary N) is 1. The first kappa shape index (κ1) is 12.3. The Bertz CT molecular complexity index is 73.8. The quantitative estimate of drug-likeness (QED) is 0.569. The van der Waals surface area contributed by atoms with Crippen LogP contribution < -0.4 is 5.73 Å². The molecule has 0 radical (unpaired) electrons. The zero-order valence-corrected chi connectivity index (χ0v) is 7.48. The van der Waals surface area contributed by atoms with Crippen molar-refractivity contribution >= 4 is 6.29 Å². The van der Waals surface area contributed by atoms with Gasteiger partial charge in [0.05, 0.1) is 0 Å². The largest absolute Gasteiger partial charge is 0.324 e. The summed E-state index contributed by atoms with van der Waals surface area (Å²) in [6.45, 7) is 9.08. The van der Waals surface area contributed by atoms with Crippen LogP contribution in [-0.2, 0) is 4.79 Å². The Morgan fingerprint density at radius 3 is 1.60 bits per heavy atom. The van der Waals surface area contributed by atoms with Crippen LogP contribution in [0.5, 0.6) is 0 Å². The number of hydrogen-bond acceptors (Lipinski definition) is 2. The first-order valence-corrected chi connectivity index (χ1v) is 3.61. The number of aldehydes is 1. The second-order valence-electron chi connectivity index (χ2n) is 3.32. The van der Waals surface area contributed by atoms with E-state index >= 15 is 0 Å². The molecule has 0 bridgehead atoms. The minimum absolute atomic E-state index is 0.139. The lowest BCUT2D eigenvalue weighted by Gasteiger charge is -2.12. The Kier molecular flexibility index (Phi) is 8.31. The van der Waals surface area contributed by atoms with Gasteiger partial charge >= 0.3 is 0 Å². The van der Waals surface area contributed by atoms with Gasteiger partial charge in [-0.25, -0.2) is 0 Å². The molecule has 0 aromatic carbocycles. The first-order valence-electron chi connectivity index (χ1n) is 3.61. The molecule has 2 N–H and O–H groups in total. The molecular weight excluding hydrogens is 126 g/mol. The van der Waals surface area contributed by atoms with E-state index in [1.807, 2.05) is 0 Å². The van der Waals surface area contributed by atoms with Crippen molar-refractivity contribution in [2.75, 3.05) is 6.54 Å². The van der Waals surface area contributed by atoms with Gasteiger partial charge in [-0.05, 0) is 5.41 Å². The maximum absolute atomic E-state index is 9.05. The predicted molar refractivity (Wildman–Crippen MR) is 44.9 cm³/mol. The first-order chi connectivity index (χ1) is 4.47. The normalized spacial score (nSPS) is 9.70. The molecule has 0 aromatic heterocycles. The Balaban J connectivity index is 0. The van der Waals surface area contributed by atoms with Crippen LogP contribution in [0, 0.1) is 5.41 Å². The average Bonchev–Trinajstić information content (AvgIpc) is 1.87. The Morgan fingerprint density at radius 2 is 1.60 bits per heavy atom. The van der Waals surface area contributed by atoms with Crippen molar-refractivity contribution in [3.63, 3.8) is 0 Å². The molecule has 0 aliphatic carbocycles. The van der Waals surface area contributed by atoms with Crippen LogP contribution >= 0.6 is 0 Å².